The average molecular weight is 378 g/mol. The van der Waals surface area contributed by atoms with Crippen molar-refractivity contribution in [3.05, 3.63) is 66.9 Å². The predicted octanol–water partition coefficient (Wildman–Crippen LogP) is 1.81. The molecule has 1 amide bonds. The van der Waals surface area contributed by atoms with Gasteiger partial charge in [0.2, 0.25) is 5.91 Å². The van der Waals surface area contributed by atoms with Crippen molar-refractivity contribution in [3.8, 4) is 0 Å². The standard InChI is InChI=1S/C16H16BrN3O3/c1-10-8-12(5-6-13(10)17)18-14(21)7-4-11-9-19(2)16(23)20(3)15(11)22/h4-9H,1-3H3,(H,18,21)/b7-4+. The molecule has 2 rings (SSSR count). The van der Waals surface area contributed by atoms with E-state index in [0.717, 1.165) is 14.6 Å². The number of carbonyl (C=O) groups is 1. The number of benzene rings is 1. The Morgan fingerprint density at radius 2 is 1.96 bits per heavy atom. The molecule has 0 spiro atoms. The molecule has 120 valence electrons. The smallest absolute Gasteiger partial charge is 0.323 e. The lowest BCUT2D eigenvalue weighted by atomic mass is 10.2. The summed E-state index contributed by atoms with van der Waals surface area (Å²) >= 11 is 3.39. The number of hydrogen-bond donors (Lipinski definition) is 1. The number of carbonyl (C=O) groups excluding carboxylic acids is 1. The molecule has 0 unspecified atom stereocenters. The molecule has 0 saturated carbocycles. The van der Waals surface area contributed by atoms with Gasteiger partial charge in [-0.2, -0.15) is 0 Å². The van der Waals surface area contributed by atoms with Gasteiger partial charge in [-0.15, -0.1) is 0 Å². The van der Waals surface area contributed by atoms with E-state index < -0.39 is 11.2 Å². The molecule has 0 saturated heterocycles. The van der Waals surface area contributed by atoms with Crippen LogP contribution in [-0.2, 0) is 18.9 Å². The minimum absolute atomic E-state index is 0.261. The summed E-state index contributed by atoms with van der Waals surface area (Å²) in [5.74, 6) is -0.359. The summed E-state index contributed by atoms with van der Waals surface area (Å²) in [6.07, 6.45) is 4.06. The van der Waals surface area contributed by atoms with Gasteiger partial charge in [0.25, 0.3) is 5.56 Å². The van der Waals surface area contributed by atoms with Crippen LogP contribution in [0.4, 0.5) is 5.69 Å². The number of halogens is 1. The fraction of sp³-hybridized carbons (Fsp3) is 0.188. The second kappa shape index (κ2) is 6.78. The summed E-state index contributed by atoms with van der Waals surface area (Å²) in [5, 5.41) is 2.72. The zero-order chi connectivity index (χ0) is 17.1. The van der Waals surface area contributed by atoms with Crippen LogP contribution in [0, 0.1) is 6.92 Å². The Balaban J connectivity index is 2.20. The van der Waals surface area contributed by atoms with Crippen LogP contribution in [0.25, 0.3) is 6.08 Å². The summed E-state index contributed by atoms with van der Waals surface area (Å²) in [4.78, 5) is 35.5. The number of nitrogens with one attached hydrogen (secondary N) is 1. The second-order valence-electron chi connectivity index (χ2n) is 5.13. The van der Waals surface area contributed by atoms with Crippen molar-refractivity contribution in [1.29, 1.82) is 0 Å². The summed E-state index contributed by atoms with van der Waals surface area (Å²) in [7, 11) is 2.94. The fourth-order valence-corrected chi connectivity index (χ4v) is 2.27. The quantitative estimate of drug-likeness (QED) is 0.828. The van der Waals surface area contributed by atoms with E-state index >= 15 is 0 Å². The molecule has 1 heterocycles. The van der Waals surface area contributed by atoms with Crippen molar-refractivity contribution in [1.82, 2.24) is 9.13 Å². The fourth-order valence-electron chi connectivity index (χ4n) is 2.02. The molecule has 0 atom stereocenters. The summed E-state index contributed by atoms with van der Waals surface area (Å²) in [5.41, 5.74) is 1.06. The van der Waals surface area contributed by atoms with Crippen LogP contribution in [0.3, 0.4) is 0 Å². The van der Waals surface area contributed by atoms with Gasteiger partial charge in [0.05, 0.1) is 5.56 Å². The van der Waals surface area contributed by atoms with Gasteiger partial charge in [-0.3, -0.25) is 14.2 Å². The third kappa shape index (κ3) is 3.87. The van der Waals surface area contributed by atoms with Gasteiger partial charge in [-0.25, -0.2) is 4.79 Å². The van der Waals surface area contributed by atoms with Gasteiger partial charge < -0.3 is 9.88 Å². The van der Waals surface area contributed by atoms with Gasteiger partial charge >= 0.3 is 5.69 Å². The molecular formula is C16H16BrN3O3. The zero-order valence-electron chi connectivity index (χ0n) is 13.0. The van der Waals surface area contributed by atoms with E-state index in [9.17, 15) is 14.4 Å². The molecule has 1 aromatic heterocycles. The molecule has 6 nitrogen and oxygen atoms in total. The maximum atomic E-state index is 12.0. The molecule has 23 heavy (non-hydrogen) atoms. The molecule has 0 radical (unpaired) electrons. The molecule has 1 N–H and O–H groups in total. The normalized spacial score (nSPS) is 11.0. The van der Waals surface area contributed by atoms with Crippen molar-refractivity contribution in [2.45, 2.75) is 6.92 Å². The highest BCUT2D eigenvalue weighted by Gasteiger charge is 2.05. The van der Waals surface area contributed by atoms with E-state index in [2.05, 4.69) is 21.2 Å². The predicted molar refractivity (Wildman–Crippen MR) is 93.5 cm³/mol. The lowest BCUT2D eigenvalue weighted by molar-refractivity contribution is -0.111. The topological polar surface area (TPSA) is 73.1 Å². The Morgan fingerprint density at radius 3 is 2.61 bits per heavy atom. The van der Waals surface area contributed by atoms with Crippen LogP contribution >= 0.6 is 15.9 Å². The molecule has 1 aromatic carbocycles. The lowest BCUT2D eigenvalue weighted by Gasteiger charge is -2.05. The number of rotatable bonds is 3. The second-order valence-corrected chi connectivity index (χ2v) is 5.98. The third-order valence-electron chi connectivity index (χ3n) is 3.31. The van der Waals surface area contributed by atoms with Crippen LogP contribution in [0.1, 0.15) is 11.1 Å². The van der Waals surface area contributed by atoms with Gasteiger partial charge in [0, 0.05) is 36.5 Å². The van der Waals surface area contributed by atoms with Crippen LogP contribution < -0.4 is 16.6 Å². The number of hydrogen-bond acceptors (Lipinski definition) is 3. The average Bonchev–Trinajstić information content (AvgIpc) is 2.51. The highest BCUT2D eigenvalue weighted by molar-refractivity contribution is 9.10. The maximum Gasteiger partial charge on any atom is 0.330 e. The monoisotopic (exact) mass is 377 g/mol. The Bertz CT molecular complexity index is 910. The largest absolute Gasteiger partial charge is 0.330 e. The van der Waals surface area contributed by atoms with E-state index in [1.54, 1.807) is 13.1 Å². The van der Waals surface area contributed by atoms with Gasteiger partial charge in [0.15, 0.2) is 0 Å². The molecular weight excluding hydrogens is 362 g/mol. The minimum Gasteiger partial charge on any atom is -0.323 e. The molecule has 2 aromatic rings. The SMILES string of the molecule is Cc1cc(NC(=O)/C=C/c2cn(C)c(=O)n(C)c2=O)ccc1Br. The molecule has 7 heteroatoms. The Hall–Kier alpha value is -2.41. The number of nitrogens with zero attached hydrogens (tertiary/aromatic N) is 2. The van der Waals surface area contributed by atoms with Crippen molar-refractivity contribution in [2.24, 2.45) is 14.1 Å². The van der Waals surface area contributed by atoms with Crippen molar-refractivity contribution in [2.75, 3.05) is 5.32 Å². The summed E-state index contributed by atoms with van der Waals surface area (Å²) in [6, 6.07) is 5.45. The minimum atomic E-state index is -0.448. The highest BCUT2D eigenvalue weighted by atomic mass is 79.9. The summed E-state index contributed by atoms with van der Waals surface area (Å²) in [6.45, 7) is 1.92. The van der Waals surface area contributed by atoms with Crippen molar-refractivity contribution < 1.29 is 4.79 Å². The Labute approximate surface area is 141 Å². The molecule has 0 aliphatic rings. The van der Waals surface area contributed by atoms with Gasteiger partial charge in [-0.1, -0.05) is 15.9 Å². The molecule has 0 aliphatic carbocycles. The van der Waals surface area contributed by atoms with Gasteiger partial charge in [0.1, 0.15) is 0 Å². The highest BCUT2D eigenvalue weighted by Crippen LogP contribution is 2.19. The number of amides is 1. The van der Waals surface area contributed by atoms with E-state index in [-0.39, 0.29) is 11.5 Å². The third-order valence-corrected chi connectivity index (χ3v) is 4.20. The van der Waals surface area contributed by atoms with Crippen LogP contribution in [0.5, 0.6) is 0 Å². The molecule has 0 fully saturated rings. The summed E-state index contributed by atoms with van der Waals surface area (Å²) < 4.78 is 3.24. The first kappa shape index (κ1) is 17.0. The van der Waals surface area contributed by atoms with E-state index in [1.807, 2.05) is 19.1 Å². The first-order chi connectivity index (χ1) is 10.8. The van der Waals surface area contributed by atoms with E-state index in [4.69, 9.17) is 0 Å². The van der Waals surface area contributed by atoms with E-state index in [1.165, 1.54) is 30.0 Å². The van der Waals surface area contributed by atoms with Crippen molar-refractivity contribution >= 4 is 33.6 Å². The van der Waals surface area contributed by atoms with Crippen LogP contribution in [-0.4, -0.2) is 15.0 Å². The molecule has 0 aliphatic heterocycles. The van der Waals surface area contributed by atoms with Gasteiger partial charge in [-0.05, 0) is 36.8 Å². The maximum absolute atomic E-state index is 12.0. The lowest BCUT2D eigenvalue weighted by Crippen LogP contribution is -2.37. The number of anilines is 1. The zero-order valence-corrected chi connectivity index (χ0v) is 14.5. The first-order valence-electron chi connectivity index (χ1n) is 6.81. The van der Waals surface area contributed by atoms with Crippen molar-refractivity contribution in [3.63, 3.8) is 0 Å². The Kier molecular flexibility index (Phi) is 5.00. The number of aryl methyl sites for hydroxylation is 2. The van der Waals surface area contributed by atoms with Crippen LogP contribution in [0.15, 0.2) is 44.5 Å². The number of aromatic nitrogens is 2. The van der Waals surface area contributed by atoms with Crippen LogP contribution in [0.2, 0.25) is 0 Å². The van der Waals surface area contributed by atoms with E-state index in [0.29, 0.717) is 5.69 Å². The Morgan fingerprint density at radius 1 is 1.26 bits per heavy atom. The molecule has 0 bridgehead atoms. The first-order valence-corrected chi connectivity index (χ1v) is 7.61.